The van der Waals surface area contributed by atoms with Crippen molar-refractivity contribution in [3.63, 3.8) is 0 Å². The molecule has 1 rings (SSSR count). The van der Waals surface area contributed by atoms with Crippen LogP contribution in [0.3, 0.4) is 0 Å². The van der Waals surface area contributed by atoms with E-state index >= 15 is 0 Å². The van der Waals surface area contributed by atoms with Crippen LogP contribution in [0.25, 0.3) is 0 Å². The average Bonchev–Trinajstić information content (AvgIpc) is 2.33. The fraction of sp³-hybridized carbons (Fsp3) is 0.667. The van der Waals surface area contributed by atoms with Gasteiger partial charge >= 0.3 is 0 Å². The van der Waals surface area contributed by atoms with E-state index in [0.717, 1.165) is 19.6 Å². The van der Waals surface area contributed by atoms with Crippen molar-refractivity contribution in [1.82, 2.24) is 15.2 Å². The van der Waals surface area contributed by atoms with Crippen LogP contribution in [-0.4, -0.2) is 49.7 Å². The molecular weight excluding hydrogens is 236 g/mol. The second-order valence-corrected chi connectivity index (χ2v) is 6.33. The van der Waals surface area contributed by atoms with Crippen molar-refractivity contribution in [2.45, 2.75) is 32.9 Å². The van der Waals surface area contributed by atoms with Gasteiger partial charge in [0.05, 0.1) is 11.9 Å². The molecule has 108 valence electrons. The zero-order valence-electron chi connectivity index (χ0n) is 13.2. The lowest BCUT2D eigenvalue weighted by atomic mass is 10.1. The summed E-state index contributed by atoms with van der Waals surface area (Å²) in [5, 5.41) is 3.53. The first-order valence-electron chi connectivity index (χ1n) is 6.83. The van der Waals surface area contributed by atoms with Gasteiger partial charge in [-0.25, -0.2) is 0 Å². The van der Waals surface area contributed by atoms with Crippen LogP contribution in [0.15, 0.2) is 18.5 Å². The average molecular weight is 264 g/mol. The zero-order valence-corrected chi connectivity index (χ0v) is 13.2. The number of rotatable bonds is 6. The predicted octanol–water partition coefficient (Wildman–Crippen LogP) is 1.97. The summed E-state index contributed by atoms with van der Waals surface area (Å²) in [5.41, 5.74) is 2.63. The van der Waals surface area contributed by atoms with Crippen LogP contribution in [0.5, 0.6) is 0 Å². The first-order chi connectivity index (χ1) is 8.79. The number of pyridine rings is 1. The van der Waals surface area contributed by atoms with Gasteiger partial charge in [-0.05, 0) is 46.5 Å². The number of nitrogens with one attached hydrogen (secondary N) is 1. The first-order valence-corrected chi connectivity index (χ1v) is 6.83. The van der Waals surface area contributed by atoms with Crippen molar-refractivity contribution in [1.29, 1.82) is 0 Å². The Morgan fingerprint density at radius 1 is 1.16 bits per heavy atom. The van der Waals surface area contributed by atoms with Gasteiger partial charge in [0.15, 0.2) is 0 Å². The molecule has 1 aromatic heterocycles. The van der Waals surface area contributed by atoms with E-state index in [1.54, 1.807) is 0 Å². The highest BCUT2D eigenvalue weighted by Gasteiger charge is 2.12. The van der Waals surface area contributed by atoms with Crippen molar-refractivity contribution in [3.8, 4) is 0 Å². The van der Waals surface area contributed by atoms with Gasteiger partial charge in [0.2, 0.25) is 0 Å². The van der Waals surface area contributed by atoms with Gasteiger partial charge in [0.25, 0.3) is 0 Å². The van der Waals surface area contributed by atoms with Gasteiger partial charge in [-0.3, -0.25) is 4.98 Å². The molecule has 0 bridgehead atoms. The summed E-state index contributed by atoms with van der Waals surface area (Å²) in [6.45, 7) is 9.46. The molecule has 1 aromatic rings. The SMILES string of the molecule is CN(C)CCN(C)c1cnccc1CNC(C)(C)C. The molecule has 4 nitrogen and oxygen atoms in total. The molecule has 0 unspecified atom stereocenters. The second kappa shape index (κ2) is 6.87. The Morgan fingerprint density at radius 2 is 1.84 bits per heavy atom. The molecule has 1 N–H and O–H groups in total. The Morgan fingerprint density at radius 3 is 2.42 bits per heavy atom. The quantitative estimate of drug-likeness (QED) is 0.851. The van der Waals surface area contributed by atoms with Crippen molar-refractivity contribution >= 4 is 5.69 Å². The minimum absolute atomic E-state index is 0.128. The number of hydrogen-bond donors (Lipinski definition) is 1. The Bertz CT molecular complexity index is 382. The van der Waals surface area contributed by atoms with Crippen molar-refractivity contribution in [3.05, 3.63) is 24.0 Å². The number of nitrogens with zero attached hydrogens (tertiary/aromatic N) is 3. The number of likely N-dealkylation sites (N-methyl/N-ethyl adjacent to an activating group) is 2. The fourth-order valence-electron chi connectivity index (χ4n) is 1.74. The monoisotopic (exact) mass is 264 g/mol. The van der Waals surface area contributed by atoms with E-state index in [-0.39, 0.29) is 5.54 Å². The minimum Gasteiger partial charge on any atom is -0.372 e. The van der Waals surface area contributed by atoms with Crippen LogP contribution in [0, 0.1) is 0 Å². The third-order valence-electron chi connectivity index (χ3n) is 2.99. The van der Waals surface area contributed by atoms with Gasteiger partial charge in [-0.2, -0.15) is 0 Å². The van der Waals surface area contributed by atoms with Crippen LogP contribution in [0.2, 0.25) is 0 Å². The maximum Gasteiger partial charge on any atom is 0.0596 e. The van der Waals surface area contributed by atoms with Gasteiger partial charge in [-0.15, -0.1) is 0 Å². The van der Waals surface area contributed by atoms with Crippen LogP contribution >= 0.6 is 0 Å². The Kier molecular flexibility index (Phi) is 5.76. The number of aromatic nitrogens is 1. The van der Waals surface area contributed by atoms with Crippen LogP contribution in [-0.2, 0) is 6.54 Å². The molecule has 0 spiro atoms. The van der Waals surface area contributed by atoms with E-state index in [1.807, 2.05) is 12.4 Å². The normalized spacial score (nSPS) is 11.9. The first kappa shape index (κ1) is 15.9. The van der Waals surface area contributed by atoms with E-state index in [1.165, 1.54) is 11.3 Å². The standard InChI is InChI=1S/C15H28N4/c1-15(2,3)17-11-13-7-8-16-12-14(13)19(6)10-9-18(4)5/h7-8,12,17H,9-11H2,1-6H3. The molecule has 19 heavy (non-hydrogen) atoms. The molecular formula is C15H28N4. The minimum atomic E-state index is 0.128. The molecule has 4 heteroatoms. The highest BCUT2D eigenvalue weighted by atomic mass is 15.2. The molecule has 1 heterocycles. The summed E-state index contributed by atoms with van der Waals surface area (Å²) in [5.74, 6) is 0. The molecule has 0 atom stereocenters. The molecule has 0 amide bonds. The molecule has 0 aromatic carbocycles. The lowest BCUT2D eigenvalue weighted by Crippen LogP contribution is -2.36. The van der Waals surface area contributed by atoms with Gasteiger partial charge in [-0.1, -0.05) is 0 Å². The lowest BCUT2D eigenvalue weighted by Gasteiger charge is -2.26. The molecule has 0 fully saturated rings. The van der Waals surface area contributed by atoms with E-state index < -0.39 is 0 Å². The highest BCUT2D eigenvalue weighted by Crippen LogP contribution is 2.18. The zero-order chi connectivity index (χ0) is 14.5. The van der Waals surface area contributed by atoms with E-state index in [4.69, 9.17) is 0 Å². The lowest BCUT2D eigenvalue weighted by molar-refractivity contribution is 0.414. The Labute approximate surface area is 117 Å². The van der Waals surface area contributed by atoms with Crippen LogP contribution in [0.1, 0.15) is 26.3 Å². The summed E-state index contributed by atoms with van der Waals surface area (Å²) in [4.78, 5) is 8.72. The summed E-state index contributed by atoms with van der Waals surface area (Å²) in [7, 11) is 6.32. The van der Waals surface area contributed by atoms with Gasteiger partial charge < -0.3 is 15.1 Å². The Balaban J connectivity index is 2.72. The number of hydrogen-bond acceptors (Lipinski definition) is 4. The van der Waals surface area contributed by atoms with E-state index in [2.05, 4.69) is 68.1 Å². The molecule has 0 aliphatic rings. The third-order valence-corrected chi connectivity index (χ3v) is 2.99. The Hall–Kier alpha value is -1.13. The predicted molar refractivity (Wildman–Crippen MR) is 82.7 cm³/mol. The van der Waals surface area contributed by atoms with Gasteiger partial charge in [0.1, 0.15) is 0 Å². The maximum atomic E-state index is 4.25. The smallest absolute Gasteiger partial charge is 0.0596 e. The topological polar surface area (TPSA) is 31.4 Å². The molecule has 0 saturated carbocycles. The van der Waals surface area contributed by atoms with Crippen molar-refractivity contribution < 1.29 is 0 Å². The summed E-state index contributed by atoms with van der Waals surface area (Å²) >= 11 is 0. The summed E-state index contributed by atoms with van der Waals surface area (Å²) < 4.78 is 0. The van der Waals surface area contributed by atoms with Gasteiger partial charge in [0, 0.05) is 38.4 Å². The molecule has 0 aliphatic carbocycles. The second-order valence-electron chi connectivity index (χ2n) is 6.33. The fourth-order valence-corrected chi connectivity index (χ4v) is 1.74. The molecule has 0 radical (unpaired) electrons. The molecule has 0 aliphatic heterocycles. The van der Waals surface area contributed by atoms with E-state index in [9.17, 15) is 0 Å². The largest absolute Gasteiger partial charge is 0.372 e. The van der Waals surface area contributed by atoms with Crippen molar-refractivity contribution in [2.75, 3.05) is 39.1 Å². The van der Waals surface area contributed by atoms with E-state index in [0.29, 0.717) is 0 Å². The van der Waals surface area contributed by atoms with Crippen molar-refractivity contribution in [2.24, 2.45) is 0 Å². The molecule has 0 saturated heterocycles. The van der Waals surface area contributed by atoms with Crippen LogP contribution in [0.4, 0.5) is 5.69 Å². The third kappa shape index (κ3) is 6.03. The summed E-state index contributed by atoms with van der Waals surface area (Å²) in [6, 6.07) is 2.10. The summed E-state index contributed by atoms with van der Waals surface area (Å²) in [6.07, 6.45) is 3.82. The number of anilines is 1. The van der Waals surface area contributed by atoms with Crippen LogP contribution < -0.4 is 10.2 Å². The highest BCUT2D eigenvalue weighted by molar-refractivity contribution is 5.51. The maximum absolute atomic E-state index is 4.25.